The van der Waals surface area contributed by atoms with Crippen LogP contribution in [-0.4, -0.2) is 33.9 Å². The Balaban J connectivity index is 2.04. The fourth-order valence-corrected chi connectivity index (χ4v) is 2.49. The number of carbonyl (C=O) groups is 1. The lowest BCUT2D eigenvalue weighted by molar-refractivity contribution is 0.0791. The Bertz CT molecular complexity index is 891. The van der Waals surface area contributed by atoms with Crippen LogP contribution < -0.4 is 0 Å². The Kier molecular flexibility index (Phi) is 4.15. The first-order valence-electron chi connectivity index (χ1n) is 7.40. The highest BCUT2D eigenvalue weighted by molar-refractivity contribution is 5.98. The first-order chi connectivity index (χ1) is 11.2. The predicted molar refractivity (Wildman–Crippen MR) is 93.3 cm³/mol. The molecule has 0 N–H and O–H groups in total. The van der Waals surface area contributed by atoms with Crippen molar-refractivity contribution in [3.05, 3.63) is 73.3 Å². The Hall–Kier alpha value is -3.01. The van der Waals surface area contributed by atoms with Crippen molar-refractivity contribution in [3.63, 3.8) is 0 Å². The van der Waals surface area contributed by atoms with Gasteiger partial charge >= 0.3 is 0 Å². The molecule has 3 aromatic rings. The zero-order chi connectivity index (χ0) is 16.2. The second kappa shape index (κ2) is 6.40. The van der Waals surface area contributed by atoms with Gasteiger partial charge in [0.05, 0.1) is 22.1 Å². The van der Waals surface area contributed by atoms with Crippen molar-refractivity contribution in [2.45, 2.75) is 0 Å². The first kappa shape index (κ1) is 14.9. The van der Waals surface area contributed by atoms with Gasteiger partial charge in [-0.05, 0) is 30.3 Å². The van der Waals surface area contributed by atoms with Crippen molar-refractivity contribution in [1.82, 2.24) is 14.9 Å². The fraction of sp³-hybridized carbons (Fsp3) is 0.105. The van der Waals surface area contributed by atoms with Gasteiger partial charge < -0.3 is 4.90 Å². The van der Waals surface area contributed by atoms with Crippen LogP contribution in [0.15, 0.2) is 67.8 Å². The van der Waals surface area contributed by atoms with E-state index in [1.165, 1.54) is 0 Å². The molecule has 0 bridgehead atoms. The normalized spacial score (nSPS) is 10.6. The van der Waals surface area contributed by atoms with Gasteiger partial charge in [0.1, 0.15) is 0 Å². The summed E-state index contributed by atoms with van der Waals surface area (Å²) in [5.74, 6) is -0.0679. The van der Waals surface area contributed by atoms with Gasteiger partial charge in [-0.25, -0.2) is 9.97 Å². The summed E-state index contributed by atoms with van der Waals surface area (Å²) in [5.41, 5.74) is 3.74. The second-order valence-corrected chi connectivity index (χ2v) is 5.20. The molecule has 2 aromatic carbocycles. The highest BCUT2D eigenvalue weighted by Crippen LogP contribution is 2.18. The maximum atomic E-state index is 12.6. The SMILES string of the molecule is C=CCN(CC=C)C(=O)c1ccc2nc3ccccc3nc2c1. The number of hydrogen-bond acceptors (Lipinski definition) is 3. The first-order valence-corrected chi connectivity index (χ1v) is 7.40. The summed E-state index contributed by atoms with van der Waals surface area (Å²) in [6.07, 6.45) is 3.41. The van der Waals surface area contributed by atoms with Gasteiger partial charge in [0.15, 0.2) is 0 Å². The lowest BCUT2D eigenvalue weighted by Gasteiger charge is -2.19. The molecule has 0 fully saturated rings. The zero-order valence-corrected chi connectivity index (χ0v) is 12.8. The Labute approximate surface area is 134 Å². The molecule has 1 amide bonds. The molecule has 0 radical (unpaired) electrons. The molecule has 0 saturated heterocycles. The molecule has 0 unspecified atom stereocenters. The minimum atomic E-state index is -0.0679. The van der Waals surface area contributed by atoms with E-state index in [2.05, 4.69) is 23.1 Å². The van der Waals surface area contributed by atoms with E-state index < -0.39 is 0 Å². The summed E-state index contributed by atoms with van der Waals surface area (Å²) < 4.78 is 0. The Morgan fingerprint density at radius 3 is 2.09 bits per heavy atom. The molecule has 3 rings (SSSR count). The van der Waals surface area contributed by atoms with Crippen LogP contribution >= 0.6 is 0 Å². The molecular weight excluding hydrogens is 286 g/mol. The topological polar surface area (TPSA) is 46.1 Å². The minimum Gasteiger partial charge on any atom is -0.331 e. The third-order valence-electron chi connectivity index (χ3n) is 3.57. The van der Waals surface area contributed by atoms with Crippen LogP contribution in [0.25, 0.3) is 22.1 Å². The van der Waals surface area contributed by atoms with E-state index in [1.807, 2.05) is 30.3 Å². The number of carbonyl (C=O) groups excluding carboxylic acids is 1. The van der Waals surface area contributed by atoms with Crippen LogP contribution in [0.1, 0.15) is 10.4 Å². The molecular formula is C19H17N3O. The summed E-state index contributed by atoms with van der Waals surface area (Å²) in [5, 5.41) is 0. The minimum absolute atomic E-state index is 0.0679. The molecule has 23 heavy (non-hydrogen) atoms. The molecule has 0 aliphatic heterocycles. The van der Waals surface area contributed by atoms with Gasteiger partial charge in [0, 0.05) is 18.7 Å². The van der Waals surface area contributed by atoms with Crippen molar-refractivity contribution in [1.29, 1.82) is 0 Å². The third kappa shape index (κ3) is 2.97. The van der Waals surface area contributed by atoms with Crippen LogP contribution in [0.2, 0.25) is 0 Å². The summed E-state index contributed by atoms with van der Waals surface area (Å²) >= 11 is 0. The third-order valence-corrected chi connectivity index (χ3v) is 3.57. The maximum Gasteiger partial charge on any atom is 0.254 e. The smallest absolute Gasteiger partial charge is 0.254 e. The van der Waals surface area contributed by atoms with Crippen LogP contribution in [-0.2, 0) is 0 Å². The maximum absolute atomic E-state index is 12.6. The quantitative estimate of drug-likeness (QED) is 0.534. The number of para-hydroxylation sites is 2. The van der Waals surface area contributed by atoms with Crippen LogP contribution in [0, 0.1) is 0 Å². The molecule has 4 heteroatoms. The van der Waals surface area contributed by atoms with Crippen molar-refractivity contribution in [2.24, 2.45) is 0 Å². The van der Waals surface area contributed by atoms with E-state index in [9.17, 15) is 4.79 Å². The molecule has 4 nitrogen and oxygen atoms in total. The lowest BCUT2D eigenvalue weighted by atomic mass is 10.1. The average Bonchev–Trinajstić information content (AvgIpc) is 2.58. The molecule has 0 aliphatic rings. The van der Waals surface area contributed by atoms with Gasteiger partial charge in [0.2, 0.25) is 0 Å². The number of hydrogen-bond donors (Lipinski definition) is 0. The molecule has 0 atom stereocenters. The van der Waals surface area contributed by atoms with E-state index in [1.54, 1.807) is 29.2 Å². The number of nitrogens with zero attached hydrogens (tertiary/aromatic N) is 3. The highest BCUT2D eigenvalue weighted by Gasteiger charge is 2.14. The monoisotopic (exact) mass is 303 g/mol. The van der Waals surface area contributed by atoms with Crippen molar-refractivity contribution >= 4 is 28.0 Å². The predicted octanol–water partition coefficient (Wildman–Crippen LogP) is 3.60. The van der Waals surface area contributed by atoms with Crippen molar-refractivity contribution in [3.8, 4) is 0 Å². The fourth-order valence-electron chi connectivity index (χ4n) is 2.49. The second-order valence-electron chi connectivity index (χ2n) is 5.20. The lowest BCUT2D eigenvalue weighted by Crippen LogP contribution is -2.31. The van der Waals surface area contributed by atoms with Crippen molar-refractivity contribution in [2.75, 3.05) is 13.1 Å². The van der Waals surface area contributed by atoms with Gasteiger partial charge in [-0.2, -0.15) is 0 Å². The van der Waals surface area contributed by atoms with E-state index >= 15 is 0 Å². The summed E-state index contributed by atoms with van der Waals surface area (Å²) in [6, 6.07) is 13.1. The van der Waals surface area contributed by atoms with Crippen LogP contribution in [0.3, 0.4) is 0 Å². The van der Waals surface area contributed by atoms with Gasteiger partial charge in [-0.3, -0.25) is 4.79 Å². The van der Waals surface area contributed by atoms with E-state index in [0.717, 1.165) is 16.6 Å². The molecule has 0 saturated carbocycles. The highest BCUT2D eigenvalue weighted by atomic mass is 16.2. The summed E-state index contributed by atoms with van der Waals surface area (Å²) in [7, 11) is 0. The molecule has 0 spiro atoms. The largest absolute Gasteiger partial charge is 0.331 e. The van der Waals surface area contributed by atoms with E-state index in [4.69, 9.17) is 0 Å². The van der Waals surface area contributed by atoms with Crippen LogP contribution in [0.5, 0.6) is 0 Å². The number of aromatic nitrogens is 2. The molecule has 1 aromatic heterocycles. The molecule has 0 aliphatic carbocycles. The molecule has 114 valence electrons. The van der Waals surface area contributed by atoms with Crippen LogP contribution in [0.4, 0.5) is 0 Å². The van der Waals surface area contributed by atoms with Crippen molar-refractivity contribution < 1.29 is 4.79 Å². The number of amides is 1. The van der Waals surface area contributed by atoms with E-state index in [-0.39, 0.29) is 5.91 Å². The summed E-state index contributed by atoms with van der Waals surface area (Å²) in [6.45, 7) is 8.34. The number of rotatable bonds is 5. The van der Waals surface area contributed by atoms with Gasteiger partial charge in [0.25, 0.3) is 5.91 Å². The Morgan fingerprint density at radius 1 is 0.913 bits per heavy atom. The van der Waals surface area contributed by atoms with E-state index in [0.29, 0.717) is 24.2 Å². The Morgan fingerprint density at radius 2 is 1.48 bits per heavy atom. The van der Waals surface area contributed by atoms with Gasteiger partial charge in [-0.15, -0.1) is 13.2 Å². The summed E-state index contributed by atoms with van der Waals surface area (Å²) in [4.78, 5) is 23.5. The molecule has 1 heterocycles. The average molecular weight is 303 g/mol. The standard InChI is InChI=1S/C19H17N3O/c1-3-11-22(12-4-2)19(23)14-9-10-17-18(13-14)21-16-8-6-5-7-15(16)20-17/h3-10,13H,1-2,11-12H2. The number of benzene rings is 2. The zero-order valence-electron chi connectivity index (χ0n) is 12.8. The number of fused-ring (bicyclic) bond motifs is 2. The van der Waals surface area contributed by atoms with Gasteiger partial charge in [-0.1, -0.05) is 24.3 Å².